The van der Waals surface area contributed by atoms with Gasteiger partial charge in [0, 0.05) is 36.1 Å². The van der Waals surface area contributed by atoms with E-state index in [1.54, 1.807) is 18.2 Å². The minimum atomic E-state index is -0.404. The molecule has 1 unspecified atom stereocenters. The van der Waals surface area contributed by atoms with Gasteiger partial charge >= 0.3 is 5.97 Å². The summed E-state index contributed by atoms with van der Waals surface area (Å²) in [5, 5.41) is 4.02. The van der Waals surface area contributed by atoms with Crippen molar-refractivity contribution in [1.29, 1.82) is 0 Å². The number of fused-ring (bicyclic) bond motifs is 1. The van der Waals surface area contributed by atoms with Crippen LogP contribution in [0.3, 0.4) is 0 Å². The van der Waals surface area contributed by atoms with Gasteiger partial charge in [0.1, 0.15) is 24.2 Å². The average molecular weight is 400 g/mol. The summed E-state index contributed by atoms with van der Waals surface area (Å²) in [5.41, 5.74) is 4.10. The number of carbonyl (C=O) groups is 1. The number of hydrogen-bond donors (Lipinski definition) is 0. The summed E-state index contributed by atoms with van der Waals surface area (Å²) in [5.74, 6) is 1.09. The zero-order valence-electron chi connectivity index (χ0n) is 16.4. The average Bonchev–Trinajstić information content (AvgIpc) is 3.51. The van der Waals surface area contributed by atoms with Crippen molar-refractivity contribution in [3.63, 3.8) is 0 Å². The molecule has 0 saturated heterocycles. The SMILES string of the molecule is CC1Cc2ccc(-c3cc(COC(=O)c4ccc(-n5cccc5)cc4)no3)cc2O1. The Kier molecular flexibility index (Phi) is 4.59. The van der Waals surface area contributed by atoms with E-state index in [1.165, 1.54) is 5.56 Å². The van der Waals surface area contributed by atoms with Crippen LogP contribution in [0.2, 0.25) is 0 Å². The van der Waals surface area contributed by atoms with Gasteiger partial charge in [-0.05, 0) is 55.0 Å². The molecule has 2 aromatic carbocycles. The minimum Gasteiger partial charge on any atom is -0.490 e. The molecule has 0 radical (unpaired) electrons. The number of rotatable bonds is 5. The highest BCUT2D eigenvalue weighted by Gasteiger charge is 2.20. The van der Waals surface area contributed by atoms with Crippen LogP contribution in [0.1, 0.15) is 28.5 Å². The quantitative estimate of drug-likeness (QED) is 0.450. The van der Waals surface area contributed by atoms with Gasteiger partial charge in [0.05, 0.1) is 5.56 Å². The van der Waals surface area contributed by atoms with E-state index in [1.807, 2.05) is 59.4 Å². The zero-order chi connectivity index (χ0) is 20.5. The summed E-state index contributed by atoms with van der Waals surface area (Å²) in [6.45, 7) is 2.09. The summed E-state index contributed by atoms with van der Waals surface area (Å²) in [6, 6.07) is 18.9. The van der Waals surface area contributed by atoms with Gasteiger partial charge in [-0.2, -0.15) is 0 Å². The lowest BCUT2D eigenvalue weighted by Gasteiger charge is -2.05. The van der Waals surface area contributed by atoms with E-state index in [4.69, 9.17) is 14.0 Å². The van der Waals surface area contributed by atoms with Crippen LogP contribution in [-0.4, -0.2) is 21.8 Å². The first kappa shape index (κ1) is 18.2. The highest BCUT2D eigenvalue weighted by atomic mass is 16.5. The lowest BCUT2D eigenvalue weighted by atomic mass is 10.1. The molecule has 6 heteroatoms. The van der Waals surface area contributed by atoms with Crippen molar-refractivity contribution in [2.75, 3.05) is 0 Å². The summed E-state index contributed by atoms with van der Waals surface area (Å²) in [4.78, 5) is 12.3. The Balaban J connectivity index is 1.23. The topological polar surface area (TPSA) is 66.5 Å². The highest BCUT2D eigenvalue weighted by Crippen LogP contribution is 2.33. The highest BCUT2D eigenvalue weighted by molar-refractivity contribution is 5.89. The second-order valence-corrected chi connectivity index (χ2v) is 7.35. The van der Waals surface area contributed by atoms with E-state index in [2.05, 4.69) is 12.1 Å². The Bertz CT molecular complexity index is 1180. The molecule has 2 aromatic heterocycles. The van der Waals surface area contributed by atoms with Crippen LogP contribution >= 0.6 is 0 Å². The monoisotopic (exact) mass is 400 g/mol. The van der Waals surface area contributed by atoms with Gasteiger partial charge in [0.2, 0.25) is 0 Å². The number of carbonyl (C=O) groups excluding carboxylic acids is 1. The Morgan fingerprint density at radius 3 is 2.73 bits per heavy atom. The van der Waals surface area contributed by atoms with E-state index in [-0.39, 0.29) is 12.7 Å². The van der Waals surface area contributed by atoms with Crippen molar-refractivity contribution in [1.82, 2.24) is 9.72 Å². The van der Waals surface area contributed by atoms with Gasteiger partial charge in [-0.25, -0.2) is 4.79 Å². The fraction of sp³-hybridized carbons (Fsp3) is 0.167. The number of benzene rings is 2. The third-order valence-electron chi connectivity index (χ3n) is 5.10. The fourth-order valence-corrected chi connectivity index (χ4v) is 3.57. The zero-order valence-corrected chi connectivity index (χ0v) is 16.4. The first-order valence-electron chi connectivity index (χ1n) is 9.82. The maximum atomic E-state index is 12.3. The standard InChI is InChI=1S/C24H20N2O4/c1-16-12-18-4-5-19(13-22(18)29-16)23-14-20(25-30-23)15-28-24(27)17-6-8-21(9-7-17)26-10-2-3-11-26/h2-11,13-14,16H,12,15H2,1H3. The van der Waals surface area contributed by atoms with Crippen molar-refractivity contribution in [3.8, 4) is 22.8 Å². The molecule has 4 aromatic rings. The van der Waals surface area contributed by atoms with E-state index in [0.29, 0.717) is 17.0 Å². The first-order valence-corrected chi connectivity index (χ1v) is 9.82. The Hall–Kier alpha value is -3.80. The van der Waals surface area contributed by atoms with Gasteiger partial charge in [-0.1, -0.05) is 17.3 Å². The molecule has 1 atom stereocenters. The largest absolute Gasteiger partial charge is 0.490 e. The van der Waals surface area contributed by atoms with Crippen molar-refractivity contribution < 1.29 is 18.8 Å². The van der Waals surface area contributed by atoms with Gasteiger partial charge in [0.25, 0.3) is 0 Å². The number of hydrogen-bond acceptors (Lipinski definition) is 5. The van der Waals surface area contributed by atoms with Crippen LogP contribution in [-0.2, 0) is 17.8 Å². The van der Waals surface area contributed by atoms with Crippen molar-refractivity contribution in [2.45, 2.75) is 26.1 Å². The minimum absolute atomic E-state index is 0.0418. The Morgan fingerprint density at radius 1 is 1.13 bits per heavy atom. The molecular formula is C24H20N2O4. The van der Waals surface area contributed by atoms with E-state index < -0.39 is 5.97 Å². The summed E-state index contributed by atoms with van der Waals surface area (Å²) < 4.78 is 18.6. The molecule has 3 heterocycles. The molecular weight excluding hydrogens is 380 g/mol. The van der Waals surface area contributed by atoms with Crippen LogP contribution in [0.25, 0.3) is 17.0 Å². The van der Waals surface area contributed by atoms with Crippen LogP contribution in [0.4, 0.5) is 0 Å². The third-order valence-corrected chi connectivity index (χ3v) is 5.10. The predicted molar refractivity (Wildman–Crippen MR) is 111 cm³/mol. The lowest BCUT2D eigenvalue weighted by molar-refractivity contribution is 0.0464. The normalized spacial score (nSPS) is 14.9. The molecule has 0 amide bonds. The van der Waals surface area contributed by atoms with Gasteiger partial charge < -0.3 is 18.6 Å². The lowest BCUT2D eigenvalue weighted by Crippen LogP contribution is -2.05. The van der Waals surface area contributed by atoms with Gasteiger partial charge in [-0.3, -0.25) is 0 Å². The molecule has 5 rings (SSSR count). The third kappa shape index (κ3) is 3.59. The molecule has 0 aliphatic carbocycles. The van der Waals surface area contributed by atoms with E-state index >= 15 is 0 Å². The molecule has 150 valence electrons. The van der Waals surface area contributed by atoms with Crippen molar-refractivity contribution in [3.05, 3.63) is 89.9 Å². The second kappa shape index (κ2) is 7.55. The molecule has 6 nitrogen and oxygen atoms in total. The number of nitrogens with zero attached hydrogens (tertiary/aromatic N) is 2. The smallest absolute Gasteiger partial charge is 0.338 e. The fourth-order valence-electron chi connectivity index (χ4n) is 3.57. The second-order valence-electron chi connectivity index (χ2n) is 7.35. The summed E-state index contributed by atoms with van der Waals surface area (Å²) >= 11 is 0. The van der Waals surface area contributed by atoms with Gasteiger partial charge in [0.15, 0.2) is 5.76 Å². The van der Waals surface area contributed by atoms with Crippen molar-refractivity contribution >= 4 is 5.97 Å². The van der Waals surface area contributed by atoms with E-state index in [0.717, 1.165) is 23.4 Å². The summed E-state index contributed by atoms with van der Waals surface area (Å²) in [7, 11) is 0. The molecule has 0 spiro atoms. The molecule has 0 saturated carbocycles. The van der Waals surface area contributed by atoms with E-state index in [9.17, 15) is 4.79 Å². The number of esters is 1. The molecule has 30 heavy (non-hydrogen) atoms. The maximum absolute atomic E-state index is 12.3. The number of aromatic nitrogens is 2. The van der Waals surface area contributed by atoms with Crippen molar-refractivity contribution in [2.24, 2.45) is 0 Å². The predicted octanol–water partition coefficient (Wildman–Crippen LogP) is 4.81. The van der Waals surface area contributed by atoms with Gasteiger partial charge in [-0.15, -0.1) is 0 Å². The molecule has 0 bridgehead atoms. The molecule has 0 fully saturated rings. The van der Waals surface area contributed by atoms with Crippen LogP contribution in [0.15, 0.2) is 77.6 Å². The molecule has 1 aliphatic rings. The number of ether oxygens (including phenoxy) is 2. The molecule has 0 N–H and O–H groups in total. The first-order chi connectivity index (χ1) is 14.7. The van der Waals surface area contributed by atoms with Crippen LogP contribution < -0.4 is 4.74 Å². The molecule has 1 aliphatic heterocycles. The Labute approximate surface area is 173 Å². The maximum Gasteiger partial charge on any atom is 0.338 e. The Morgan fingerprint density at radius 2 is 1.93 bits per heavy atom. The van der Waals surface area contributed by atoms with Crippen LogP contribution in [0, 0.1) is 0 Å². The summed E-state index contributed by atoms with van der Waals surface area (Å²) in [6.07, 6.45) is 5.00. The van der Waals surface area contributed by atoms with Crippen LogP contribution in [0.5, 0.6) is 5.75 Å².